The van der Waals surface area contributed by atoms with Crippen LogP contribution in [0.2, 0.25) is 0 Å². The maximum absolute atomic E-state index is 12.0. The van der Waals surface area contributed by atoms with Crippen LogP contribution in [-0.2, 0) is 4.79 Å². The molecule has 0 aliphatic rings. The summed E-state index contributed by atoms with van der Waals surface area (Å²) in [6.45, 7) is 0. The Morgan fingerprint density at radius 1 is 0.955 bits per heavy atom. The molecule has 0 aliphatic carbocycles. The number of carbonyl (C=O) groups is 2. The molecule has 0 spiro atoms. The molecule has 22 heavy (non-hydrogen) atoms. The minimum absolute atomic E-state index is 0.0168. The fraction of sp³-hybridized carbons (Fsp3) is 0.111. The monoisotopic (exact) mass is 292 g/mol. The van der Waals surface area contributed by atoms with Gasteiger partial charge in [0.15, 0.2) is 5.78 Å². The second-order valence-electron chi connectivity index (χ2n) is 5.12. The average Bonchev–Trinajstić information content (AvgIpc) is 3.01. The Morgan fingerprint density at radius 3 is 2.59 bits per heavy atom. The van der Waals surface area contributed by atoms with E-state index in [9.17, 15) is 9.59 Å². The Morgan fingerprint density at radius 2 is 1.77 bits per heavy atom. The summed E-state index contributed by atoms with van der Waals surface area (Å²) >= 11 is 0. The van der Waals surface area contributed by atoms with Crippen LogP contribution >= 0.6 is 0 Å². The highest BCUT2D eigenvalue weighted by Gasteiger charge is 2.09. The summed E-state index contributed by atoms with van der Waals surface area (Å²) in [5.74, 6) is -0.170. The summed E-state index contributed by atoms with van der Waals surface area (Å²) in [7, 11) is 0. The lowest BCUT2D eigenvalue weighted by Crippen LogP contribution is -2.13. The van der Waals surface area contributed by atoms with Gasteiger partial charge in [-0.15, -0.1) is 0 Å². The first-order chi connectivity index (χ1) is 10.7. The van der Waals surface area contributed by atoms with Crippen LogP contribution in [0.1, 0.15) is 23.2 Å². The molecule has 0 unspecified atom stereocenters. The smallest absolute Gasteiger partial charge is 0.224 e. The van der Waals surface area contributed by atoms with Gasteiger partial charge in [-0.25, -0.2) is 0 Å². The normalized spacial score (nSPS) is 10.5. The number of benzene rings is 2. The largest absolute Gasteiger partial charge is 0.361 e. The molecule has 2 N–H and O–H groups in total. The Labute approximate surface area is 128 Å². The van der Waals surface area contributed by atoms with Crippen LogP contribution in [0, 0.1) is 0 Å². The van der Waals surface area contributed by atoms with Gasteiger partial charge in [0.05, 0.1) is 0 Å². The molecule has 2 aromatic carbocycles. The zero-order valence-electron chi connectivity index (χ0n) is 12.0. The second kappa shape index (κ2) is 6.26. The van der Waals surface area contributed by atoms with E-state index in [4.69, 9.17) is 0 Å². The van der Waals surface area contributed by atoms with Gasteiger partial charge in [-0.3, -0.25) is 9.59 Å². The van der Waals surface area contributed by atoms with Gasteiger partial charge < -0.3 is 10.3 Å². The lowest BCUT2D eigenvalue weighted by molar-refractivity contribution is -0.116. The molecule has 1 heterocycles. The van der Waals surface area contributed by atoms with Crippen molar-refractivity contribution in [3.63, 3.8) is 0 Å². The molecular weight excluding hydrogens is 276 g/mol. The van der Waals surface area contributed by atoms with Crippen molar-refractivity contribution < 1.29 is 9.59 Å². The zero-order chi connectivity index (χ0) is 15.4. The van der Waals surface area contributed by atoms with Gasteiger partial charge in [0, 0.05) is 41.2 Å². The van der Waals surface area contributed by atoms with E-state index in [2.05, 4.69) is 10.3 Å². The van der Waals surface area contributed by atoms with Gasteiger partial charge in [0.2, 0.25) is 5.91 Å². The standard InChI is InChI=1S/C18H16N2O2/c21-17(13-4-2-1-3-5-13)8-9-18(22)20-15-6-7-16-14(12-15)10-11-19-16/h1-7,10-12,19H,8-9H2,(H,20,22). The number of anilines is 1. The summed E-state index contributed by atoms with van der Waals surface area (Å²) in [6, 6.07) is 16.6. The van der Waals surface area contributed by atoms with Crippen molar-refractivity contribution in [3.05, 3.63) is 66.4 Å². The zero-order valence-corrected chi connectivity index (χ0v) is 12.0. The summed E-state index contributed by atoms with van der Waals surface area (Å²) in [6.07, 6.45) is 2.25. The SMILES string of the molecule is O=C(CCC(=O)c1ccccc1)Nc1ccc2[nH]ccc2c1. The van der Waals surface area contributed by atoms with Crippen molar-refractivity contribution in [3.8, 4) is 0 Å². The molecule has 0 bridgehead atoms. The minimum Gasteiger partial charge on any atom is -0.361 e. The van der Waals surface area contributed by atoms with Gasteiger partial charge in [0.1, 0.15) is 0 Å². The number of ketones is 1. The molecule has 3 rings (SSSR count). The first kappa shape index (κ1) is 14.1. The Hall–Kier alpha value is -2.88. The molecule has 0 fully saturated rings. The molecule has 1 amide bonds. The Kier molecular flexibility index (Phi) is 4.01. The topological polar surface area (TPSA) is 62.0 Å². The van der Waals surface area contributed by atoms with Crippen LogP contribution in [-0.4, -0.2) is 16.7 Å². The Balaban J connectivity index is 1.57. The number of rotatable bonds is 5. The minimum atomic E-state index is -0.154. The van der Waals surface area contributed by atoms with Crippen LogP contribution in [0.5, 0.6) is 0 Å². The summed E-state index contributed by atoms with van der Waals surface area (Å²) in [5.41, 5.74) is 2.41. The van der Waals surface area contributed by atoms with E-state index in [0.29, 0.717) is 5.56 Å². The van der Waals surface area contributed by atoms with Gasteiger partial charge >= 0.3 is 0 Å². The molecule has 0 saturated heterocycles. The van der Waals surface area contributed by atoms with E-state index in [1.807, 2.05) is 48.7 Å². The van der Waals surface area contributed by atoms with Crippen LogP contribution in [0.25, 0.3) is 10.9 Å². The van der Waals surface area contributed by atoms with E-state index in [1.165, 1.54) is 0 Å². The lowest BCUT2D eigenvalue weighted by atomic mass is 10.1. The third kappa shape index (κ3) is 3.23. The number of amides is 1. The molecular formula is C18H16N2O2. The molecule has 0 saturated carbocycles. The third-order valence-corrected chi connectivity index (χ3v) is 3.51. The van der Waals surface area contributed by atoms with E-state index in [0.717, 1.165) is 16.6 Å². The molecule has 0 aliphatic heterocycles. The maximum atomic E-state index is 12.0. The summed E-state index contributed by atoms with van der Waals surface area (Å²) in [5, 5.41) is 3.87. The predicted octanol–water partition coefficient (Wildman–Crippen LogP) is 3.77. The summed E-state index contributed by atoms with van der Waals surface area (Å²) in [4.78, 5) is 27.0. The van der Waals surface area contributed by atoms with Gasteiger partial charge in [-0.05, 0) is 24.3 Å². The lowest BCUT2D eigenvalue weighted by Gasteiger charge is -2.05. The van der Waals surface area contributed by atoms with Crippen LogP contribution < -0.4 is 5.32 Å². The highest BCUT2D eigenvalue weighted by molar-refractivity contribution is 6.00. The van der Waals surface area contributed by atoms with E-state index >= 15 is 0 Å². The number of nitrogens with one attached hydrogen (secondary N) is 2. The van der Waals surface area contributed by atoms with E-state index < -0.39 is 0 Å². The number of aromatic nitrogens is 1. The van der Waals surface area contributed by atoms with Crippen molar-refractivity contribution in [1.29, 1.82) is 0 Å². The molecule has 3 aromatic rings. The van der Waals surface area contributed by atoms with Crippen LogP contribution in [0.15, 0.2) is 60.8 Å². The molecule has 0 radical (unpaired) electrons. The first-order valence-corrected chi connectivity index (χ1v) is 7.17. The van der Waals surface area contributed by atoms with E-state index in [-0.39, 0.29) is 24.5 Å². The number of carbonyl (C=O) groups excluding carboxylic acids is 2. The quantitative estimate of drug-likeness (QED) is 0.703. The van der Waals surface area contributed by atoms with Crippen LogP contribution in [0.4, 0.5) is 5.69 Å². The van der Waals surface area contributed by atoms with Crippen molar-refractivity contribution in [2.24, 2.45) is 0 Å². The van der Waals surface area contributed by atoms with E-state index in [1.54, 1.807) is 12.1 Å². The van der Waals surface area contributed by atoms with Crippen LogP contribution in [0.3, 0.4) is 0 Å². The fourth-order valence-corrected chi connectivity index (χ4v) is 2.35. The highest BCUT2D eigenvalue weighted by atomic mass is 16.2. The molecule has 4 nitrogen and oxygen atoms in total. The number of hydrogen-bond donors (Lipinski definition) is 2. The number of fused-ring (bicyclic) bond motifs is 1. The molecule has 110 valence electrons. The second-order valence-corrected chi connectivity index (χ2v) is 5.12. The van der Waals surface area contributed by atoms with Gasteiger partial charge in [0.25, 0.3) is 0 Å². The number of aromatic amines is 1. The Bertz CT molecular complexity index is 806. The van der Waals surface area contributed by atoms with Crippen molar-refractivity contribution in [2.75, 3.05) is 5.32 Å². The predicted molar refractivity (Wildman–Crippen MR) is 86.9 cm³/mol. The first-order valence-electron chi connectivity index (χ1n) is 7.17. The number of Topliss-reactive ketones (excluding diaryl/α,β-unsaturated/α-hetero) is 1. The average molecular weight is 292 g/mol. The van der Waals surface area contributed by atoms with Gasteiger partial charge in [-0.1, -0.05) is 30.3 Å². The molecule has 4 heteroatoms. The number of hydrogen-bond acceptors (Lipinski definition) is 2. The van der Waals surface area contributed by atoms with Crippen molar-refractivity contribution in [1.82, 2.24) is 4.98 Å². The van der Waals surface area contributed by atoms with Crippen molar-refractivity contribution >= 4 is 28.3 Å². The third-order valence-electron chi connectivity index (χ3n) is 3.51. The molecule has 0 atom stereocenters. The molecule has 1 aromatic heterocycles. The van der Waals surface area contributed by atoms with Gasteiger partial charge in [-0.2, -0.15) is 0 Å². The number of H-pyrrole nitrogens is 1. The van der Waals surface area contributed by atoms with Crippen molar-refractivity contribution in [2.45, 2.75) is 12.8 Å². The fourth-order valence-electron chi connectivity index (χ4n) is 2.35. The summed E-state index contributed by atoms with van der Waals surface area (Å²) < 4.78 is 0. The highest BCUT2D eigenvalue weighted by Crippen LogP contribution is 2.18. The maximum Gasteiger partial charge on any atom is 0.224 e.